The lowest BCUT2D eigenvalue weighted by molar-refractivity contribution is -0.384. The summed E-state index contributed by atoms with van der Waals surface area (Å²) in [5, 5.41) is 10.3. The zero-order chi connectivity index (χ0) is 12.1. The maximum absolute atomic E-state index is 11.3. The Morgan fingerprint density at radius 1 is 1.31 bits per heavy atom. The van der Waals surface area contributed by atoms with E-state index in [0.29, 0.717) is 0 Å². The summed E-state index contributed by atoms with van der Waals surface area (Å²) < 4.78 is 4.29. The van der Waals surface area contributed by atoms with E-state index in [4.69, 9.17) is 0 Å². The number of nitrogens with two attached hydrogens (primary N) is 1. The van der Waals surface area contributed by atoms with Crippen LogP contribution in [0.4, 0.5) is 10.5 Å². The van der Waals surface area contributed by atoms with Crippen molar-refractivity contribution in [3.63, 3.8) is 0 Å². The predicted octanol–water partition coefficient (Wildman–Crippen LogP) is 0.873. The van der Waals surface area contributed by atoms with E-state index in [9.17, 15) is 19.7 Å². The van der Waals surface area contributed by atoms with E-state index in [2.05, 4.69) is 10.5 Å². The second-order valence-electron chi connectivity index (χ2n) is 2.83. The molecule has 1 amide bonds. The minimum Gasteiger partial charge on any atom is -0.441 e. The fourth-order valence-corrected chi connectivity index (χ4v) is 0.989. The Morgan fingerprint density at radius 2 is 1.88 bits per heavy atom. The summed E-state index contributed by atoms with van der Waals surface area (Å²) in [4.78, 5) is 31.3. The molecule has 0 heterocycles. The number of ketones is 1. The van der Waals surface area contributed by atoms with E-state index >= 15 is 0 Å². The Morgan fingerprint density at radius 3 is 2.31 bits per heavy atom. The molecule has 0 saturated carbocycles. The highest BCUT2D eigenvalue weighted by molar-refractivity contribution is 5.97. The number of benzene rings is 1. The van der Waals surface area contributed by atoms with Crippen LogP contribution in [0.3, 0.4) is 0 Å². The summed E-state index contributed by atoms with van der Waals surface area (Å²) in [6.07, 6.45) is -1.05. The number of rotatable bonds is 4. The highest BCUT2D eigenvalue weighted by atomic mass is 16.6. The molecule has 0 aliphatic heterocycles. The van der Waals surface area contributed by atoms with Crippen LogP contribution >= 0.6 is 0 Å². The van der Waals surface area contributed by atoms with Crippen LogP contribution < -0.4 is 5.73 Å². The van der Waals surface area contributed by atoms with E-state index in [1.54, 1.807) is 0 Å². The molecular weight excluding hydrogens is 216 g/mol. The third-order valence-electron chi connectivity index (χ3n) is 1.75. The molecule has 0 saturated heterocycles. The van der Waals surface area contributed by atoms with Crippen LogP contribution in [0.1, 0.15) is 10.4 Å². The molecule has 84 valence electrons. The van der Waals surface area contributed by atoms with E-state index in [0.717, 1.165) is 0 Å². The standard InChI is InChI=1S/C9H8N2O5/c10-9(13)16-5-8(12)6-1-3-7(4-2-6)11(14)15/h1-4H,5H2,(H2,10,13). The first-order chi connectivity index (χ1) is 7.50. The van der Waals surface area contributed by atoms with Gasteiger partial charge in [0, 0.05) is 17.7 Å². The van der Waals surface area contributed by atoms with Gasteiger partial charge in [-0.3, -0.25) is 14.9 Å². The summed E-state index contributed by atoms with van der Waals surface area (Å²) in [6, 6.07) is 4.95. The van der Waals surface area contributed by atoms with Crippen molar-refractivity contribution in [1.82, 2.24) is 0 Å². The lowest BCUT2D eigenvalue weighted by Crippen LogP contribution is -2.18. The van der Waals surface area contributed by atoms with Crippen LogP contribution in [0.2, 0.25) is 0 Å². The van der Waals surface area contributed by atoms with Gasteiger partial charge in [-0.15, -0.1) is 0 Å². The number of carbonyl (C=O) groups excluding carboxylic acids is 2. The normalized spacial score (nSPS) is 9.50. The Balaban J connectivity index is 2.70. The Labute approximate surface area is 90.0 Å². The molecule has 1 aromatic carbocycles. The zero-order valence-corrected chi connectivity index (χ0v) is 8.08. The number of non-ortho nitro benzene ring substituents is 1. The van der Waals surface area contributed by atoms with Crippen molar-refractivity contribution < 1.29 is 19.2 Å². The molecule has 7 nitrogen and oxygen atoms in total. The van der Waals surface area contributed by atoms with Crippen molar-refractivity contribution in [2.24, 2.45) is 5.73 Å². The van der Waals surface area contributed by atoms with Crippen molar-refractivity contribution in [2.45, 2.75) is 0 Å². The summed E-state index contributed by atoms with van der Waals surface area (Å²) in [6.45, 7) is -0.479. The van der Waals surface area contributed by atoms with Gasteiger partial charge in [0.1, 0.15) is 0 Å². The molecule has 0 aliphatic rings. The lowest BCUT2D eigenvalue weighted by Gasteiger charge is -2.00. The van der Waals surface area contributed by atoms with Crippen LogP contribution in [0.25, 0.3) is 0 Å². The fourth-order valence-electron chi connectivity index (χ4n) is 0.989. The number of primary amides is 1. The highest BCUT2D eigenvalue weighted by Crippen LogP contribution is 2.12. The second-order valence-corrected chi connectivity index (χ2v) is 2.83. The molecule has 0 spiro atoms. The Hall–Kier alpha value is -2.44. The average molecular weight is 224 g/mol. The number of nitro benzene ring substituents is 1. The van der Waals surface area contributed by atoms with Gasteiger partial charge in [0.05, 0.1) is 4.92 Å². The largest absolute Gasteiger partial charge is 0.441 e. The molecule has 0 bridgehead atoms. The Bertz CT molecular complexity index is 426. The van der Waals surface area contributed by atoms with Gasteiger partial charge in [0.2, 0.25) is 0 Å². The Kier molecular flexibility index (Phi) is 3.54. The van der Waals surface area contributed by atoms with Crippen LogP contribution in [0.15, 0.2) is 24.3 Å². The van der Waals surface area contributed by atoms with Crippen LogP contribution in [-0.4, -0.2) is 23.4 Å². The van der Waals surface area contributed by atoms with Crippen LogP contribution in [0, 0.1) is 10.1 Å². The molecule has 2 N–H and O–H groups in total. The van der Waals surface area contributed by atoms with Gasteiger partial charge in [-0.1, -0.05) is 0 Å². The third kappa shape index (κ3) is 3.05. The monoisotopic (exact) mass is 224 g/mol. The minimum atomic E-state index is -1.05. The van der Waals surface area contributed by atoms with Crippen molar-refractivity contribution in [2.75, 3.05) is 6.61 Å². The SMILES string of the molecule is NC(=O)OCC(=O)c1ccc([N+](=O)[O-])cc1. The van der Waals surface area contributed by atoms with Crippen LogP contribution in [-0.2, 0) is 4.74 Å². The molecule has 1 aromatic rings. The van der Waals surface area contributed by atoms with Crippen molar-refractivity contribution in [1.29, 1.82) is 0 Å². The lowest BCUT2D eigenvalue weighted by atomic mass is 10.1. The van der Waals surface area contributed by atoms with Gasteiger partial charge in [-0.25, -0.2) is 4.79 Å². The van der Waals surface area contributed by atoms with Crippen molar-refractivity contribution in [3.8, 4) is 0 Å². The first-order valence-corrected chi connectivity index (χ1v) is 4.20. The van der Waals surface area contributed by atoms with Crippen molar-refractivity contribution >= 4 is 17.6 Å². The summed E-state index contributed by atoms with van der Waals surface area (Å²) in [5.74, 6) is -0.478. The molecule has 0 unspecified atom stereocenters. The number of nitro groups is 1. The molecule has 7 heteroatoms. The highest BCUT2D eigenvalue weighted by Gasteiger charge is 2.10. The molecule has 0 atom stereocenters. The smallest absolute Gasteiger partial charge is 0.404 e. The molecule has 0 fully saturated rings. The van der Waals surface area contributed by atoms with E-state index < -0.39 is 23.4 Å². The van der Waals surface area contributed by atoms with Gasteiger partial charge < -0.3 is 10.5 Å². The first-order valence-electron chi connectivity index (χ1n) is 4.20. The minimum absolute atomic E-state index is 0.118. The second kappa shape index (κ2) is 4.87. The quantitative estimate of drug-likeness (QED) is 0.463. The summed E-state index contributed by atoms with van der Waals surface area (Å²) >= 11 is 0. The van der Waals surface area contributed by atoms with Gasteiger partial charge in [0.25, 0.3) is 5.69 Å². The number of hydrogen-bond acceptors (Lipinski definition) is 5. The topological polar surface area (TPSA) is 113 Å². The number of Topliss-reactive ketones (excluding diaryl/α,β-unsaturated/α-hetero) is 1. The molecular formula is C9H8N2O5. The van der Waals surface area contributed by atoms with Gasteiger partial charge in [-0.2, -0.15) is 0 Å². The maximum atomic E-state index is 11.3. The number of nitrogens with zero attached hydrogens (tertiary/aromatic N) is 1. The van der Waals surface area contributed by atoms with E-state index in [-0.39, 0.29) is 11.3 Å². The zero-order valence-electron chi connectivity index (χ0n) is 8.08. The predicted molar refractivity (Wildman–Crippen MR) is 53.0 cm³/mol. The molecule has 0 aliphatic carbocycles. The summed E-state index contributed by atoms with van der Waals surface area (Å²) in [7, 11) is 0. The third-order valence-corrected chi connectivity index (χ3v) is 1.75. The number of carbonyl (C=O) groups is 2. The number of ether oxygens (including phenoxy) is 1. The van der Waals surface area contributed by atoms with E-state index in [1.165, 1.54) is 24.3 Å². The number of hydrogen-bond donors (Lipinski definition) is 1. The van der Waals surface area contributed by atoms with Gasteiger partial charge in [0.15, 0.2) is 12.4 Å². The van der Waals surface area contributed by atoms with Crippen LogP contribution in [0.5, 0.6) is 0 Å². The molecule has 0 aromatic heterocycles. The fraction of sp³-hybridized carbons (Fsp3) is 0.111. The van der Waals surface area contributed by atoms with Gasteiger partial charge >= 0.3 is 6.09 Å². The van der Waals surface area contributed by atoms with Gasteiger partial charge in [-0.05, 0) is 12.1 Å². The molecule has 1 rings (SSSR count). The molecule has 0 radical (unpaired) electrons. The number of amides is 1. The maximum Gasteiger partial charge on any atom is 0.404 e. The van der Waals surface area contributed by atoms with E-state index in [1.807, 2.05) is 0 Å². The first kappa shape index (κ1) is 11.6. The molecule has 16 heavy (non-hydrogen) atoms. The average Bonchev–Trinajstić information content (AvgIpc) is 2.26. The summed E-state index contributed by atoms with van der Waals surface area (Å²) in [5.41, 5.74) is 4.78. The van der Waals surface area contributed by atoms with Crippen molar-refractivity contribution in [3.05, 3.63) is 39.9 Å².